The largest absolute Gasteiger partial charge is 0.348 e. The number of carbonyl (C=O) groups excluding carboxylic acids is 1. The van der Waals surface area contributed by atoms with Crippen molar-refractivity contribution in [1.29, 1.82) is 0 Å². The Kier molecular flexibility index (Phi) is 3.66. The highest BCUT2D eigenvalue weighted by Gasteiger charge is 2.10. The van der Waals surface area contributed by atoms with Crippen molar-refractivity contribution in [2.75, 3.05) is 0 Å². The minimum absolute atomic E-state index is 0.0586. The van der Waals surface area contributed by atoms with E-state index in [9.17, 15) is 9.18 Å². The number of amides is 1. The molecule has 0 bridgehead atoms. The first kappa shape index (κ1) is 12.2. The summed E-state index contributed by atoms with van der Waals surface area (Å²) in [5.41, 5.74) is 0.342. The Hall–Kier alpha value is -2.24. The highest BCUT2D eigenvalue weighted by Crippen LogP contribution is 2.00. The third-order valence-electron chi connectivity index (χ3n) is 2.41. The molecule has 0 spiro atoms. The van der Waals surface area contributed by atoms with Crippen molar-refractivity contribution in [3.63, 3.8) is 0 Å². The van der Waals surface area contributed by atoms with Crippen molar-refractivity contribution in [3.8, 4) is 0 Å². The number of imidazole rings is 1. The third-order valence-corrected chi connectivity index (χ3v) is 2.41. The maximum absolute atomic E-state index is 12.6. The average Bonchev–Trinajstić information content (AvgIpc) is 2.82. The first-order valence-corrected chi connectivity index (χ1v) is 5.53. The maximum Gasteiger partial charge on any atom is 0.253 e. The highest BCUT2D eigenvalue weighted by molar-refractivity contribution is 5.93. The fourth-order valence-corrected chi connectivity index (χ4v) is 1.57. The Morgan fingerprint density at radius 3 is 3.00 bits per heavy atom. The van der Waals surface area contributed by atoms with Crippen LogP contribution in [0.4, 0.5) is 4.39 Å². The van der Waals surface area contributed by atoms with E-state index in [0.717, 1.165) is 6.07 Å². The second kappa shape index (κ2) is 5.39. The Balaban J connectivity index is 1.92. The molecule has 94 valence electrons. The zero-order valence-electron chi connectivity index (χ0n) is 9.88. The summed E-state index contributed by atoms with van der Waals surface area (Å²) in [6.45, 7) is 2.51. The summed E-state index contributed by atoms with van der Waals surface area (Å²) in [6, 6.07) is 2.51. The number of nitrogens with zero attached hydrogens (tertiary/aromatic N) is 3. The van der Waals surface area contributed by atoms with Crippen molar-refractivity contribution in [3.05, 3.63) is 48.6 Å². The molecule has 2 heterocycles. The molecule has 0 saturated heterocycles. The van der Waals surface area contributed by atoms with Crippen LogP contribution >= 0.6 is 0 Å². The molecule has 18 heavy (non-hydrogen) atoms. The molecule has 1 amide bonds. The zero-order chi connectivity index (χ0) is 13.0. The first-order chi connectivity index (χ1) is 8.65. The van der Waals surface area contributed by atoms with Crippen LogP contribution in [-0.4, -0.2) is 26.5 Å². The van der Waals surface area contributed by atoms with E-state index >= 15 is 0 Å². The van der Waals surface area contributed by atoms with Crippen LogP contribution in [0.1, 0.15) is 17.3 Å². The van der Waals surface area contributed by atoms with E-state index in [-0.39, 0.29) is 11.9 Å². The number of rotatable bonds is 4. The lowest BCUT2D eigenvalue weighted by molar-refractivity contribution is 0.0936. The van der Waals surface area contributed by atoms with Gasteiger partial charge in [-0.3, -0.25) is 4.79 Å². The van der Waals surface area contributed by atoms with Crippen LogP contribution in [0.2, 0.25) is 0 Å². The lowest BCUT2D eigenvalue weighted by atomic mass is 10.2. The monoisotopic (exact) mass is 248 g/mol. The second-order valence-electron chi connectivity index (χ2n) is 4.00. The van der Waals surface area contributed by atoms with E-state index in [1.165, 1.54) is 12.3 Å². The first-order valence-electron chi connectivity index (χ1n) is 5.53. The van der Waals surface area contributed by atoms with Gasteiger partial charge in [0.05, 0.1) is 11.9 Å². The average molecular weight is 248 g/mol. The number of aromatic nitrogens is 3. The van der Waals surface area contributed by atoms with Gasteiger partial charge in [0.25, 0.3) is 5.91 Å². The van der Waals surface area contributed by atoms with E-state index in [0.29, 0.717) is 12.1 Å². The number of carbonyl (C=O) groups is 1. The molecule has 6 heteroatoms. The number of hydrogen-bond donors (Lipinski definition) is 1. The lowest BCUT2D eigenvalue weighted by Gasteiger charge is -2.14. The van der Waals surface area contributed by atoms with Gasteiger partial charge in [-0.05, 0) is 19.1 Å². The quantitative estimate of drug-likeness (QED) is 0.828. The summed E-state index contributed by atoms with van der Waals surface area (Å²) in [5, 5.41) is 2.80. The van der Waals surface area contributed by atoms with E-state index in [4.69, 9.17) is 0 Å². The van der Waals surface area contributed by atoms with Crippen LogP contribution in [0.25, 0.3) is 0 Å². The molecular formula is C12H13FN4O. The molecule has 2 aromatic heterocycles. The minimum atomic E-state index is -0.599. The van der Waals surface area contributed by atoms with E-state index in [1.54, 1.807) is 12.5 Å². The number of halogens is 1. The molecule has 2 rings (SSSR count). The molecule has 2 aromatic rings. The molecular weight excluding hydrogens is 235 g/mol. The number of pyridine rings is 1. The van der Waals surface area contributed by atoms with Crippen molar-refractivity contribution < 1.29 is 9.18 Å². The predicted octanol–water partition coefficient (Wildman–Crippen LogP) is 1.24. The summed E-state index contributed by atoms with van der Waals surface area (Å²) in [6.07, 6.45) is 6.40. The minimum Gasteiger partial charge on any atom is -0.348 e. The Morgan fingerprint density at radius 2 is 2.39 bits per heavy atom. The summed E-state index contributed by atoms with van der Waals surface area (Å²) < 4.78 is 14.5. The van der Waals surface area contributed by atoms with Crippen LogP contribution in [0.15, 0.2) is 37.1 Å². The fourth-order valence-electron chi connectivity index (χ4n) is 1.57. The van der Waals surface area contributed by atoms with Crippen molar-refractivity contribution in [2.45, 2.75) is 19.5 Å². The molecule has 0 aliphatic heterocycles. The van der Waals surface area contributed by atoms with E-state index in [2.05, 4.69) is 15.3 Å². The molecule has 0 fully saturated rings. The summed E-state index contributed by atoms with van der Waals surface area (Å²) in [4.78, 5) is 19.2. The smallest absolute Gasteiger partial charge is 0.253 e. The van der Waals surface area contributed by atoms with Crippen molar-refractivity contribution >= 4 is 5.91 Å². The van der Waals surface area contributed by atoms with Crippen LogP contribution < -0.4 is 5.32 Å². The van der Waals surface area contributed by atoms with Gasteiger partial charge in [-0.25, -0.2) is 9.97 Å². The van der Waals surface area contributed by atoms with Gasteiger partial charge in [-0.15, -0.1) is 0 Å². The van der Waals surface area contributed by atoms with E-state index in [1.807, 2.05) is 17.7 Å². The fraction of sp³-hybridized carbons (Fsp3) is 0.250. The number of hydrogen-bond acceptors (Lipinski definition) is 3. The molecule has 1 N–H and O–H groups in total. The summed E-state index contributed by atoms with van der Waals surface area (Å²) >= 11 is 0. The Labute approximate surface area is 104 Å². The van der Waals surface area contributed by atoms with Crippen molar-refractivity contribution in [1.82, 2.24) is 19.9 Å². The molecule has 0 aliphatic carbocycles. The van der Waals surface area contributed by atoms with Crippen LogP contribution in [0.3, 0.4) is 0 Å². The van der Waals surface area contributed by atoms with Gasteiger partial charge in [0.1, 0.15) is 0 Å². The van der Waals surface area contributed by atoms with Gasteiger partial charge < -0.3 is 9.88 Å². The number of nitrogens with one attached hydrogen (secondary N) is 1. The molecule has 0 aliphatic rings. The van der Waals surface area contributed by atoms with Gasteiger partial charge in [-0.2, -0.15) is 4.39 Å². The van der Waals surface area contributed by atoms with Gasteiger partial charge in [0.15, 0.2) is 0 Å². The molecule has 1 unspecified atom stereocenters. The molecule has 1 atom stereocenters. The van der Waals surface area contributed by atoms with Crippen LogP contribution in [0.5, 0.6) is 0 Å². The van der Waals surface area contributed by atoms with Gasteiger partial charge in [-0.1, -0.05) is 0 Å². The molecule has 0 saturated carbocycles. The summed E-state index contributed by atoms with van der Waals surface area (Å²) in [5.74, 6) is -0.867. The maximum atomic E-state index is 12.6. The van der Waals surface area contributed by atoms with Crippen LogP contribution in [0, 0.1) is 5.95 Å². The highest BCUT2D eigenvalue weighted by atomic mass is 19.1. The van der Waals surface area contributed by atoms with Gasteiger partial charge >= 0.3 is 0 Å². The topological polar surface area (TPSA) is 59.8 Å². The molecule has 0 aromatic carbocycles. The normalized spacial score (nSPS) is 12.1. The second-order valence-corrected chi connectivity index (χ2v) is 4.00. The molecule has 0 radical (unpaired) electrons. The zero-order valence-corrected chi connectivity index (χ0v) is 9.88. The van der Waals surface area contributed by atoms with Gasteiger partial charge in [0, 0.05) is 31.2 Å². The lowest BCUT2D eigenvalue weighted by Crippen LogP contribution is -2.35. The Morgan fingerprint density at radius 1 is 1.56 bits per heavy atom. The van der Waals surface area contributed by atoms with E-state index < -0.39 is 5.95 Å². The SMILES string of the molecule is CC(Cn1ccnc1)NC(=O)c1ccc(F)nc1. The summed E-state index contributed by atoms with van der Waals surface area (Å²) in [7, 11) is 0. The third kappa shape index (κ3) is 3.13. The van der Waals surface area contributed by atoms with Crippen LogP contribution in [-0.2, 0) is 6.54 Å². The Bertz CT molecular complexity index is 509. The standard InChI is InChI=1S/C12H13FN4O/c1-9(7-17-5-4-14-8-17)16-12(18)10-2-3-11(13)15-6-10/h2-6,8-9H,7H2,1H3,(H,16,18). The predicted molar refractivity (Wildman–Crippen MR) is 63.4 cm³/mol. The van der Waals surface area contributed by atoms with Gasteiger partial charge in [0.2, 0.25) is 5.95 Å². The van der Waals surface area contributed by atoms with Crippen molar-refractivity contribution in [2.24, 2.45) is 0 Å². The molecule has 5 nitrogen and oxygen atoms in total.